The zero-order valence-electron chi connectivity index (χ0n) is 8.01. The molecule has 5 nitrogen and oxygen atoms in total. The van der Waals surface area contributed by atoms with E-state index < -0.39 is 5.91 Å². The van der Waals surface area contributed by atoms with Gasteiger partial charge in [-0.05, 0) is 11.6 Å². The van der Waals surface area contributed by atoms with Crippen molar-refractivity contribution in [3.63, 3.8) is 0 Å². The van der Waals surface area contributed by atoms with Crippen molar-refractivity contribution in [2.75, 3.05) is 0 Å². The molecule has 0 radical (unpaired) electrons. The average molecular weight is 205 g/mol. The second-order valence-electron chi connectivity index (χ2n) is 2.79. The third kappa shape index (κ3) is 3.32. The lowest BCUT2D eigenvalue weighted by Crippen LogP contribution is -2.30. The summed E-state index contributed by atoms with van der Waals surface area (Å²) in [7, 11) is 0. The first-order chi connectivity index (χ1) is 7.27. The number of nitrogens with zero attached hydrogens (tertiary/aromatic N) is 1. The van der Waals surface area contributed by atoms with Crippen LogP contribution in [0.25, 0.3) is 6.08 Å². The maximum Gasteiger partial charge on any atom is 0.266 e. The lowest BCUT2D eigenvalue weighted by atomic mass is 10.2. The van der Waals surface area contributed by atoms with E-state index in [9.17, 15) is 9.59 Å². The maximum atomic E-state index is 11.1. The van der Waals surface area contributed by atoms with Gasteiger partial charge in [0.1, 0.15) is 6.29 Å². The number of aldehydes is 1. The maximum absolute atomic E-state index is 11.1. The van der Waals surface area contributed by atoms with E-state index in [1.165, 1.54) is 6.20 Å². The van der Waals surface area contributed by atoms with Gasteiger partial charge in [-0.3, -0.25) is 15.2 Å². The predicted octanol–water partition coefficient (Wildman–Crippen LogP) is 0.287. The number of amides is 1. The molecule has 0 aliphatic carbocycles. The minimum atomic E-state index is -0.395. The summed E-state index contributed by atoms with van der Waals surface area (Å²) in [6, 6.07) is 1.64. The van der Waals surface area contributed by atoms with Crippen molar-refractivity contribution in [3.8, 4) is 0 Å². The highest BCUT2D eigenvalue weighted by molar-refractivity contribution is 5.93. The van der Waals surface area contributed by atoms with Crippen LogP contribution in [0, 0.1) is 0 Å². The van der Waals surface area contributed by atoms with Gasteiger partial charge in [0.2, 0.25) is 0 Å². The van der Waals surface area contributed by atoms with Gasteiger partial charge in [0.25, 0.3) is 5.91 Å². The number of carbonyl (C=O) groups excluding carboxylic acids is 2. The third-order valence-corrected chi connectivity index (χ3v) is 1.70. The van der Waals surface area contributed by atoms with E-state index in [1.54, 1.807) is 24.4 Å². The van der Waals surface area contributed by atoms with Gasteiger partial charge < -0.3 is 4.79 Å². The normalized spacial score (nSPS) is 10.2. The van der Waals surface area contributed by atoms with Gasteiger partial charge in [-0.25, -0.2) is 5.84 Å². The highest BCUT2D eigenvalue weighted by atomic mass is 16.2. The summed E-state index contributed by atoms with van der Waals surface area (Å²) in [5.41, 5.74) is 3.14. The average Bonchev–Trinajstić information content (AvgIpc) is 2.29. The van der Waals surface area contributed by atoms with Gasteiger partial charge in [-0.15, -0.1) is 0 Å². The molecule has 0 aliphatic heterocycles. The third-order valence-electron chi connectivity index (χ3n) is 1.70. The lowest BCUT2D eigenvalue weighted by Gasteiger charge is -1.99. The van der Waals surface area contributed by atoms with Crippen molar-refractivity contribution in [3.05, 3.63) is 35.7 Å². The summed E-state index contributed by atoms with van der Waals surface area (Å²) in [4.78, 5) is 25.1. The van der Waals surface area contributed by atoms with E-state index in [4.69, 9.17) is 5.84 Å². The van der Waals surface area contributed by atoms with E-state index in [2.05, 4.69) is 4.98 Å². The molecule has 78 valence electrons. The molecule has 15 heavy (non-hydrogen) atoms. The molecule has 0 fully saturated rings. The molecule has 1 aromatic heterocycles. The van der Waals surface area contributed by atoms with Crippen LogP contribution in [0.1, 0.15) is 22.3 Å². The number of pyridine rings is 1. The lowest BCUT2D eigenvalue weighted by molar-refractivity contribution is -0.107. The number of nitrogens with two attached hydrogens (primary N) is 1. The Morgan fingerprint density at radius 3 is 3.00 bits per heavy atom. The van der Waals surface area contributed by atoms with E-state index in [1.807, 2.05) is 5.43 Å². The van der Waals surface area contributed by atoms with Crippen LogP contribution < -0.4 is 11.3 Å². The van der Waals surface area contributed by atoms with Crippen LogP contribution in [0.3, 0.4) is 0 Å². The summed E-state index contributed by atoms with van der Waals surface area (Å²) >= 11 is 0. The number of hydrogen-bond donors (Lipinski definition) is 2. The fourth-order valence-electron chi connectivity index (χ4n) is 1.02. The Kier molecular flexibility index (Phi) is 4.18. The summed E-state index contributed by atoms with van der Waals surface area (Å²) in [5, 5.41) is 0. The molecule has 3 N–H and O–H groups in total. The quantitative estimate of drug-likeness (QED) is 0.320. The van der Waals surface area contributed by atoms with Crippen molar-refractivity contribution in [2.24, 2.45) is 5.84 Å². The zero-order chi connectivity index (χ0) is 11.1. The number of hydrogen-bond acceptors (Lipinski definition) is 4. The van der Waals surface area contributed by atoms with Crippen molar-refractivity contribution in [1.29, 1.82) is 0 Å². The van der Waals surface area contributed by atoms with Crippen LogP contribution in [0.15, 0.2) is 24.5 Å². The fourth-order valence-corrected chi connectivity index (χ4v) is 1.02. The zero-order valence-corrected chi connectivity index (χ0v) is 8.01. The molecule has 1 rings (SSSR count). The first-order valence-corrected chi connectivity index (χ1v) is 4.34. The van der Waals surface area contributed by atoms with Gasteiger partial charge in [0.05, 0.1) is 5.56 Å². The Bertz CT molecular complexity index is 388. The van der Waals surface area contributed by atoms with Gasteiger partial charge in [-0.1, -0.05) is 12.2 Å². The molecule has 0 saturated carbocycles. The fraction of sp³-hybridized carbons (Fsp3) is 0.100. The van der Waals surface area contributed by atoms with E-state index in [0.29, 0.717) is 12.0 Å². The van der Waals surface area contributed by atoms with Gasteiger partial charge in [0.15, 0.2) is 0 Å². The minimum absolute atomic E-state index is 0.341. The Morgan fingerprint density at radius 1 is 1.53 bits per heavy atom. The smallest absolute Gasteiger partial charge is 0.266 e. The highest BCUT2D eigenvalue weighted by Gasteiger charge is 2.02. The van der Waals surface area contributed by atoms with Gasteiger partial charge in [-0.2, -0.15) is 0 Å². The number of aromatic nitrogens is 1. The van der Waals surface area contributed by atoms with Crippen LogP contribution in [-0.4, -0.2) is 17.2 Å². The molecule has 1 aromatic rings. The Balaban J connectivity index is 2.82. The van der Waals surface area contributed by atoms with Crippen LogP contribution >= 0.6 is 0 Å². The molecule has 0 aliphatic rings. The molecule has 0 spiro atoms. The van der Waals surface area contributed by atoms with E-state index in [0.717, 1.165) is 11.8 Å². The molecule has 0 saturated heterocycles. The number of allylic oxidation sites excluding steroid dienone is 1. The van der Waals surface area contributed by atoms with Crippen molar-refractivity contribution >= 4 is 18.3 Å². The Morgan fingerprint density at radius 2 is 2.33 bits per heavy atom. The van der Waals surface area contributed by atoms with Gasteiger partial charge in [0, 0.05) is 18.8 Å². The molecule has 1 amide bonds. The molecular weight excluding hydrogens is 194 g/mol. The second-order valence-corrected chi connectivity index (χ2v) is 2.79. The number of carbonyl (C=O) groups is 2. The van der Waals surface area contributed by atoms with Crippen LogP contribution in [0.2, 0.25) is 0 Å². The monoisotopic (exact) mass is 205 g/mol. The summed E-state index contributed by atoms with van der Waals surface area (Å²) in [6.45, 7) is 0. The second kappa shape index (κ2) is 5.66. The van der Waals surface area contributed by atoms with Crippen molar-refractivity contribution in [2.45, 2.75) is 6.42 Å². The van der Waals surface area contributed by atoms with Crippen molar-refractivity contribution < 1.29 is 9.59 Å². The number of nitrogens with one attached hydrogen (secondary N) is 1. The molecule has 0 aromatic carbocycles. The molecule has 5 heteroatoms. The standard InChI is InChI=1S/C10H11N3O2/c11-13-10(15)9-5-8(6-12-7-9)3-1-2-4-14/h1,3-7H,2,11H2,(H,13,15). The van der Waals surface area contributed by atoms with Crippen LogP contribution in [-0.2, 0) is 4.79 Å². The van der Waals surface area contributed by atoms with E-state index >= 15 is 0 Å². The van der Waals surface area contributed by atoms with Crippen molar-refractivity contribution in [1.82, 2.24) is 10.4 Å². The molecule has 0 atom stereocenters. The Labute approximate surface area is 87.0 Å². The largest absolute Gasteiger partial charge is 0.303 e. The highest BCUT2D eigenvalue weighted by Crippen LogP contribution is 2.04. The first-order valence-electron chi connectivity index (χ1n) is 4.34. The number of hydrazine groups is 1. The summed E-state index contributed by atoms with van der Waals surface area (Å²) < 4.78 is 0. The SMILES string of the molecule is NNC(=O)c1cncc(C=CCC=O)c1. The topological polar surface area (TPSA) is 85.1 Å². The summed E-state index contributed by atoms with van der Waals surface area (Å²) in [5.74, 6) is 4.59. The molecule has 0 unspecified atom stereocenters. The van der Waals surface area contributed by atoms with E-state index in [-0.39, 0.29) is 0 Å². The number of nitrogen functional groups attached to an aromatic ring is 1. The molecule has 0 bridgehead atoms. The summed E-state index contributed by atoms with van der Waals surface area (Å²) in [6.07, 6.45) is 7.55. The molecular formula is C10H11N3O2. The minimum Gasteiger partial charge on any atom is -0.303 e. The number of rotatable bonds is 4. The molecule has 1 heterocycles. The van der Waals surface area contributed by atoms with Crippen LogP contribution in [0.5, 0.6) is 0 Å². The Hall–Kier alpha value is -2.01. The first kappa shape index (κ1) is 11.1. The predicted molar refractivity (Wildman–Crippen MR) is 55.6 cm³/mol. The van der Waals surface area contributed by atoms with Crippen LogP contribution in [0.4, 0.5) is 0 Å². The van der Waals surface area contributed by atoms with Gasteiger partial charge >= 0.3 is 0 Å².